The van der Waals surface area contributed by atoms with Gasteiger partial charge in [-0.1, -0.05) is 18.2 Å². The summed E-state index contributed by atoms with van der Waals surface area (Å²) < 4.78 is 5.66. The Bertz CT molecular complexity index is 446. The molecule has 0 radical (unpaired) electrons. The van der Waals surface area contributed by atoms with Gasteiger partial charge in [-0.25, -0.2) is 0 Å². The average molecular weight is 260 g/mol. The largest absolute Gasteiger partial charge is 0.378 e. The van der Waals surface area contributed by atoms with Gasteiger partial charge >= 0.3 is 0 Å². The van der Waals surface area contributed by atoms with Gasteiger partial charge in [0.05, 0.1) is 12.7 Å². The van der Waals surface area contributed by atoms with Crippen molar-refractivity contribution in [2.24, 2.45) is 11.8 Å². The number of hydrazine groups is 1. The van der Waals surface area contributed by atoms with Crippen molar-refractivity contribution >= 4 is 0 Å². The Morgan fingerprint density at radius 3 is 2.95 bits per heavy atom. The Morgan fingerprint density at radius 1 is 1.37 bits per heavy atom. The van der Waals surface area contributed by atoms with Crippen LogP contribution in [0.25, 0.3) is 0 Å². The van der Waals surface area contributed by atoms with Crippen molar-refractivity contribution in [2.45, 2.75) is 51.2 Å². The lowest BCUT2D eigenvalue weighted by atomic mass is 9.91. The van der Waals surface area contributed by atoms with E-state index in [9.17, 15) is 0 Å². The molecular formula is C16H24N2O. The van der Waals surface area contributed by atoms with E-state index >= 15 is 0 Å². The van der Waals surface area contributed by atoms with Crippen LogP contribution in [0.2, 0.25) is 0 Å². The molecule has 104 valence electrons. The number of hydrogen-bond donors (Lipinski definition) is 2. The summed E-state index contributed by atoms with van der Waals surface area (Å²) in [5.74, 6) is 6.29. The lowest BCUT2D eigenvalue weighted by Gasteiger charge is -2.22. The maximum atomic E-state index is 5.75. The predicted molar refractivity (Wildman–Crippen MR) is 76.8 cm³/mol. The van der Waals surface area contributed by atoms with Crippen LogP contribution >= 0.6 is 0 Å². The first kappa shape index (κ1) is 13.1. The Kier molecular flexibility index (Phi) is 3.87. The normalized spacial score (nSPS) is 27.5. The minimum Gasteiger partial charge on any atom is -0.378 e. The molecule has 1 fully saturated rings. The van der Waals surface area contributed by atoms with Gasteiger partial charge in [-0.2, -0.15) is 0 Å². The number of benzene rings is 1. The summed E-state index contributed by atoms with van der Waals surface area (Å²) in [4.78, 5) is 0. The summed E-state index contributed by atoms with van der Waals surface area (Å²) in [6.07, 6.45) is 6.30. The van der Waals surface area contributed by atoms with Gasteiger partial charge in [0.25, 0.3) is 0 Å². The molecule has 3 heteroatoms. The van der Waals surface area contributed by atoms with Gasteiger partial charge in [-0.15, -0.1) is 0 Å². The van der Waals surface area contributed by atoms with Crippen LogP contribution in [0.5, 0.6) is 0 Å². The van der Waals surface area contributed by atoms with E-state index in [1.165, 1.54) is 24.8 Å². The molecule has 3 unspecified atom stereocenters. The van der Waals surface area contributed by atoms with E-state index in [1.807, 2.05) is 0 Å². The molecule has 0 amide bonds. The van der Waals surface area contributed by atoms with E-state index in [-0.39, 0.29) is 0 Å². The molecule has 1 aromatic carbocycles. The number of aryl methyl sites for hydroxylation is 2. The SMILES string of the molecule is CC1CC(C(Cc2ccc3c(c2)CCC3)NN)CO1. The summed E-state index contributed by atoms with van der Waals surface area (Å²) in [6.45, 7) is 2.98. The molecular weight excluding hydrogens is 236 g/mol. The van der Waals surface area contributed by atoms with E-state index in [1.54, 1.807) is 11.1 Å². The number of hydrogen-bond acceptors (Lipinski definition) is 3. The quantitative estimate of drug-likeness (QED) is 0.643. The second-order valence-corrected chi connectivity index (χ2v) is 6.07. The van der Waals surface area contributed by atoms with Gasteiger partial charge in [0.15, 0.2) is 0 Å². The Balaban J connectivity index is 1.69. The molecule has 1 aliphatic carbocycles. The highest BCUT2D eigenvalue weighted by atomic mass is 16.5. The summed E-state index contributed by atoms with van der Waals surface area (Å²) >= 11 is 0. The van der Waals surface area contributed by atoms with Crippen LogP contribution < -0.4 is 11.3 Å². The van der Waals surface area contributed by atoms with Gasteiger partial charge in [0.1, 0.15) is 0 Å². The van der Waals surface area contributed by atoms with E-state index in [2.05, 4.69) is 30.5 Å². The zero-order valence-corrected chi connectivity index (χ0v) is 11.7. The first-order valence-corrected chi connectivity index (χ1v) is 7.44. The van der Waals surface area contributed by atoms with Crippen molar-refractivity contribution in [1.29, 1.82) is 0 Å². The van der Waals surface area contributed by atoms with E-state index < -0.39 is 0 Å². The van der Waals surface area contributed by atoms with Crippen LogP contribution in [0.15, 0.2) is 18.2 Å². The van der Waals surface area contributed by atoms with Crippen LogP contribution in [0.4, 0.5) is 0 Å². The highest BCUT2D eigenvalue weighted by molar-refractivity contribution is 5.35. The topological polar surface area (TPSA) is 47.3 Å². The van der Waals surface area contributed by atoms with Crippen LogP contribution in [-0.2, 0) is 24.0 Å². The highest BCUT2D eigenvalue weighted by Gasteiger charge is 2.29. The van der Waals surface area contributed by atoms with Gasteiger partial charge in [-0.3, -0.25) is 11.3 Å². The molecule has 3 N–H and O–H groups in total. The van der Waals surface area contributed by atoms with Crippen molar-refractivity contribution in [3.63, 3.8) is 0 Å². The molecule has 19 heavy (non-hydrogen) atoms. The summed E-state index contributed by atoms with van der Waals surface area (Å²) in [5, 5.41) is 0. The lowest BCUT2D eigenvalue weighted by Crippen LogP contribution is -2.42. The molecule has 1 aliphatic heterocycles. The van der Waals surface area contributed by atoms with Gasteiger partial charge < -0.3 is 4.74 Å². The van der Waals surface area contributed by atoms with Crippen molar-refractivity contribution < 1.29 is 4.74 Å². The van der Waals surface area contributed by atoms with Crippen LogP contribution in [0.3, 0.4) is 0 Å². The standard InChI is InChI=1S/C16H24N2O/c1-11-7-15(10-19-11)16(18-17)9-12-5-6-13-3-2-4-14(13)8-12/h5-6,8,11,15-16,18H,2-4,7,9-10,17H2,1H3. The third-order valence-electron chi connectivity index (χ3n) is 4.63. The summed E-state index contributed by atoms with van der Waals surface area (Å²) in [5.41, 5.74) is 7.49. The Hall–Kier alpha value is -0.900. The smallest absolute Gasteiger partial charge is 0.0551 e. The number of fused-ring (bicyclic) bond motifs is 1. The molecule has 0 spiro atoms. The molecule has 2 aliphatic rings. The minimum absolute atomic E-state index is 0.324. The second-order valence-electron chi connectivity index (χ2n) is 6.07. The number of nitrogens with one attached hydrogen (secondary N) is 1. The minimum atomic E-state index is 0.324. The Morgan fingerprint density at radius 2 is 2.21 bits per heavy atom. The fourth-order valence-electron chi connectivity index (χ4n) is 3.50. The number of nitrogens with two attached hydrogens (primary N) is 1. The first-order valence-electron chi connectivity index (χ1n) is 7.44. The molecule has 0 aromatic heterocycles. The van der Waals surface area contributed by atoms with Gasteiger partial charge in [0.2, 0.25) is 0 Å². The summed E-state index contributed by atoms with van der Waals surface area (Å²) in [7, 11) is 0. The van der Waals surface area contributed by atoms with E-state index in [0.717, 1.165) is 19.4 Å². The molecule has 1 saturated heterocycles. The monoisotopic (exact) mass is 260 g/mol. The molecule has 1 aromatic rings. The van der Waals surface area contributed by atoms with E-state index in [4.69, 9.17) is 10.6 Å². The van der Waals surface area contributed by atoms with Gasteiger partial charge in [-0.05, 0) is 55.7 Å². The average Bonchev–Trinajstić information content (AvgIpc) is 3.04. The molecule has 3 atom stereocenters. The molecule has 3 rings (SSSR count). The van der Waals surface area contributed by atoms with Crippen LogP contribution in [-0.4, -0.2) is 18.8 Å². The molecule has 3 nitrogen and oxygen atoms in total. The fourth-order valence-corrected chi connectivity index (χ4v) is 3.50. The lowest BCUT2D eigenvalue weighted by molar-refractivity contribution is 0.117. The third kappa shape index (κ3) is 2.83. The number of ether oxygens (including phenoxy) is 1. The molecule has 1 heterocycles. The zero-order chi connectivity index (χ0) is 13.2. The molecule has 0 bridgehead atoms. The third-order valence-corrected chi connectivity index (χ3v) is 4.63. The van der Waals surface area contributed by atoms with Crippen LogP contribution in [0, 0.1) is 5.92 Å². The first-order chi connectivity index (χ1) is 9.26. The maximum absolute atomic E-state index is 5.75. The fraction of sp³-hybridized carbons (Fsp3) is 0.625. The van der Waals surface area contributed by atoms with Crippen molar-refractivity contribution in [1.82, 2.24) is 5.43 Å². The van der Waals surface area contributed by atoms with Crippen LogP contribution in [0.1, 0.15) is 36.5 Å². The van der Waals surface area contributed by atoms with Gasteiger partial charge in [0, 0.05) is 12.0 Å². The second kappa shape index (κ2) is 5.61. The molecule has 0 saturated carbocycles. The predicted octanol–water partition coefficient (Wildman–Crippen LogP) is 1.97. The number of rotatable bonds is 4. The highest BCUT2D eigenvalue weighted by Crippen LogP contribution is 2.26. The Labute approximate surface area is 115 Å². The summed E-state index contributed by atoms with van der Waals surface area (Å²) in [6, 6.07) is 7.28. The van der Waals surface area contributed by atoms with Crippen molar-refractivity contribution in [2.75, 3.05) is 6.61 Å². The zero-order valence-electron chi connectivity index (χ0n) is 11.7. The van der Waals surface area contributed by atoms with Crippen molar-refractivity contribution in [3.05, 3.63) is 34.9 Å². The maximum Gasteiger partial charge on any atom is 0.0551 e. The van der Waals surface area contributed by atoms with E-state index in [0.29, 0.717) is 18.1 Å². The van der Waals surface area contributed by atoms with Crippen molar-refractivity contribution in [3.8, 4) is 0 Å².